The number of hydrogen-bond acceptors (Lipinski definition) is 2. The molecule has 2 aromatic rings. The molecule has 0 aliphatic heterocycles. The minimum absolute atomic E-state index is 0.580. The van der Waals surface area contributed by atoms with Crippen molar-refractivity contribution in [3.63, 3.8) is 0 Å². The fourth-order valence-corrected chi connectivity index (χ4v) is 2.16. The normalized spacial score (nSPS) is 11.4. The fourth-order valence-electron chi connectivity index (χ4n) is 1.92. The first-order valence-electron chi connectivity index (χ1n) is 6.24. The molecule has 2 rings (SSSR count). The van der Waals surface area contributed by atoms with Gasteiger partial charge in [0.2, 0.25) is 0 Å². The Balaban J connectivity index is 2.23. The van der Waals surface area contributed by atoms with Crippen molar-refractivity contribution < 1.29 is 0 Å². The van der Waals surface area contributed by atoms with E-state index in [0.717, 1.165) is 27.5 Å². The molecule has 0 bridgehead atoms. The number of nitrogens with one attached hydrogen (secondary N) is 1. The van der Waals surface area contributed by atoms with Crippen LogP contribution in [0.3, 0.4) is 0 Å². The van der Waals surface area contributed by atoms with E-state index in [9.17, 15) is 0 Å². The first kappa shape index (κ1) is 13.6. The molecule has 2 aromatic carbocycles. The number of nitrogens with zero attached hydrogens (tertiary/aromatic N) is 1. The van der Waals surface area contributed by atoms with E-state index in [1.165, 1.54) is 0 Å². The summed E-state index contributed by atoms with van der Waals surface area (Å²) >= 11 is 6.23. The average molecular weight is 273 g/mol. The number of benzene rings is 2. The van der Waals surface area contributed by atoms with Gasteiger partial charge in [0, 0.05) is 29.0 Å². The molecule has 98 valence electrons. The van der Waals surface area contributed by atoms with Crippen molar-refractivity contribution in [1.29, 1.82) is 0 Å². The van der Waals surface area contributed by atoms with E-state index in [2.05, 4.69) is 22.4 Å². The maximum atomic E-state index is 6.23. The molecular weight excluding hydrogens is 256 g/mol. The van der Waals surface area contributed by atoms with Crippen molar-refractivity contribution >= 4 is 23.0 Å². The number of aliphatic imine (C=N–C) groups is 1. The SMILES string of the molecule is CNc1cccc(Cl)c1C/N=C(/C)c1ccccc1. The van der Waals surface area contributed by atoms with Gasteiger partial charge in [-0.05, 0) is 24.6 Å². The molecule has 0 saturated carbocycles. The predicted octanol–water partition coefficient (Wildman–Crippen LogP) is 4.39. The molecule has 0 saturated heterocycles. The first-order chi connectivity index (χ1) is 9.22. The van der Waals surface area contributed by atoms with Crippen LogP contribution < -0.4 is 5.32 Å². The number of halogens is 1. The molecule has 0 aromatic heterocycles. The molecule has 0 heterocycles. The molecule has 0 fully saturated rings. The summed E-state index contributed by atoms with van der Waals surface area (Å²) < 4.78 is 0. The van der Waals surface area contributed by atoms with Gasteiger partial charge in [-0.1, -0.05) is 48.0 Å². The number of anilines is 1. The molecule has 1 N–H and O–H groups in total. The van der Waals surface area contributed by atoms with E-state index in [-0.39, 0.29) is 0 Å². The fraction of sp³-hybridized carbons (Fsp3) is 0.188. The van der Waals surface area contributed by atoms with Gasteiger partial charge in [-0.3, -0.25) is 4.99 Å². The lowest BCUT2D eigenvalue weighted by atomic mass is 10.1. The van der Waals surface area contributed by atoms with Gasteiger partial charge in [-0.2, -0.15) is 0 Å². The molecule has 0 amide bonds. The van der Waals surface area contributed by atoms with Gasteiger partial charge in [0.15, 0.2) is 0 Å². The highest BCUT2D eigenvalue weighted by atomic mass is 35.5. The van der Waals surface area contributed by atoms with Gasteiger partial charge in [-0.15, -0.1) is 0 Å². The Morgan fingerprint density at radius 3 is 2.53 bits per heavy atom. The molecule has 0 atom stereocenters. The van der Waals surface area contributed by atoms with Crippen molar-refractivity contribution in [2.75, 3.05) is 12.4 Å². The first-order valence-corrected chi connectivity index (χ1v) is 6.62. The van der Waals surface area contributed by atoms with Crippen LogP contribution in [0.25, 0.3) is 0 Å². The Hall–Kier alpha value is -1.80. The lowest BCUT2D eigenvalue weighted by Gasteiger charge is -2.09. The maximum Gasteiger partial charge on any atom is 0.0678 e. The summed E-state index contributed by atoms with van der Waals surface area (Å²) in [4.78, 5) is 4.63. The molecule has 0 unspecified atom stereocenters. The van der Waals surface area contributed by atoms with Crippen LogP contribution in [0, 0.1) is 0 Å². The zero-order chi connectivity index (χ0) is 13.7. The average Bonchev–Trinajstić information content (AvgIpc) is 2.46. The van der Waals surface area contributed by atoms with Crippen LogP contribution in [-0.4, -0.2) is 12.8 Å². The summed E-state index contributed by atoms with van der Waals surface area (Å²) in [5.41, 5.74) is 4.21. The summed E-state index contributed by atoms with van der Waals surface area (Å²) in [6.07, 6.45) is 0. The molecule has 0 spiro atoms. The molecule has 0 aliphatic rings. The summed E-state index contributed by atoms with van der Waals surface area (Å²) in [5.74, 6) is 0. The summed E-state index contributed by atoms with van der Waals surface area (Å²) in [6.45, 7) is 2.60. The molecule has 2 nitrogen and oxygen atoms in total. The van der Waals surface area contributed by atoms with Crippen molar-refractivity contribution in [2.45, 2.75) is 13.5 Å². The second-order valence-electron chi connectivity index (χ2n) is 4.28. The van der Waals surface area contributed by atoms with E-state index in [1.54, 1.807) is 0 Å². The van der Waals surface area contributed by atoms with E-state index < -0.39 is 0 Å². The van der Waals surface area contributed by atoms with Gasteiger partial charge in [0.1, 0.15) is 0 Å². The maximum absolute atomic E-state index is 6.23. The minimum Gasteiger partial charge on any atom is -0.388 e. The van der Waals surface area contributed by atoms with E-state index in [1.807, 2.05) is 50.4 Å². The number of rotatable bonds is 4. The second-order valence-corrected chi connectivity index (χ2v) is 4.69. The predicted molar refractivity (Wildman–Crippen MR) is 83.4 cm³/mol. The van der Waals surface area contributed by atoms with Crippen molar-refractivity contribution in [3.8, 4) is 0 Å². The van der Waals surface area contributed by atoms with Crippen LogP contribution in [0.1, 0.15) is 18.1 Å². The second kappa shape index (κ2) is 6.39. The number of hydrogen-bond donors (Lipinski definition) is 1. The van der Waals surface area contributed by atoms with E-state index >= 15 is 0 Å². The molecule has 0 radical (unpaired) electrons. The highest BCUT2D eigenvalue weighted by Crippen LogP contribution is 2.25. The summed E-state index contributed by atoms with van der Waals surface area (Å²) in [7, 11) is 1.89. The quantitative estimate of drug-likeness (QED) is 0.820. The monoisotopic (exact) mass is 272 g/mol. The third kappa shape index (κ3) is 3.36. The topological polar surface area (TPSA) is 24.4 Å². The van der Waals surface area contributed by atoms with Crippen molar-refractivity contribution in [1.82, 2.24) is 0 Å². The third-order valence-corrected chi connectivity index (χ3v) is 3.41. The van der Waals surface area contributed by atoms with E-state index in [4.69, 9.17) is 11.6 Å². The Morgan fingerprint density at radius 2 is 1.84 bits per heavy atom. The van der Waals surface area contributed by atoms with Gasteiger partial charge in [0.25, 0.3) is 0 Å². The van der Waals surface area contributed by atoms with Crippen molar-refractivity contribution in [2.24, 2.45) is 4.99 Å². The smallest absolute Gasteiger partial charge is 0.0678 e. The largest absolute Gasteiger partial charge is 0.388 e. The summed E-state index contributed by atoms with van der Waals surface area (Å²) in [6, 6.07) is 16.0. The van der Waals surface area contributed by atoms with Crippen LogP contribution in [0.5, 0.6) is 0 Å². The zero-order valence-electron chi connectivity index (χ0n) is 11.2. The highest BCUT2D eigenvalue weighted by molar-refractivity contribution is 6.31. The van der Waals surface area contributed by atoms with Gasteiger partial charge < -0.3 is 5.32 Å². The van der Waals surface area contributed by atoms with Crippen LogP contribution in [0.4, 0.5) is 5.69 Å². The lowest BCUT2D eigenvalue weighted by molar-refractivity contribution is 1.06. The van der Waals surface area contributed by atoms with Gasteiger partial charge in [-0.25, -0.2) is 0 Å². The Bertz CT molecular complexity index is 577. The van der Waals surface area contributed by atoms with E-state index in [0.29, 0.717) is 6.54 Å². The van der Waals surface area contributed by atoms with Gasteiger partial charge >= 0.3 is 0 Å². The Kier molecular flexibility index (Phi) is 4.58. The Morgan fingerprint density at radius 1 is 1.11 bits per heavy atom. The molecule has 3 heteroatoms. The lowest BCUT2D eigenvalue weighted by Crippen LogP contribution is -1.99. The van der Waals surface area contributed by atoms with Crippen LogP contribution in [-0.2, 0) is 6.54 Å². The molecular formula is C16H17ClN2. The Labute approximate surface area is 119 Å². The van der Waals surface area contributed by atoms with Crippen LogP contribution in [0.2, 0.25) is 5.02 Å². The molecule has 0 aliphatic carbocycles. The minimum atomic E-state index is 0.580. The summed E-state index contributed by atoms with van der Waals surface area (Å²) in [5, 5.41) is 3.89. The van der Waals surface area contributed by atoms with Crippen LogP contribution >= 0.6 is 11.6 Å². The highest BCUT2D eigenvalue weighted by Gasteiger charge is 2.05. The third-order valence-electron chi connectivity index (χ3n) is 3.05. The standard InChI is InChI=1S/C16H17ClN2/c1-12(13-7-4-3-5-8-13)19-11-14-15(17)9-6-10-16(14)18-2/h3-10,18H,11H2,1-2H3/b19-12-. The van der Waals surface area contributed by atoms with Gasteiger partial charge in [0.05, 0.1) is 6.54 Å². The molecule has 19 heavy (non-hydrogen) atoms. The zero-order valence-corrected chi connectivity index (χ0v) is 11.9. The van der Waals surface area contributed by atoms with Crippen LogP contribution in [0.15, 0.2) is 53.5 Å². The van der Waals surface area contributed by atoms with Crippen molar-refractivity contribution in [3.05, 3.63) is 64.7 Å².